The van der Waals surface area contributed by atoms with E-state index in [1.807, 2.05) is 30.9 Å². The fraction of sp³-hybridized carbons (Fsp3) is 0.560. The number of rotatable bonds is 7. The third-order valence-electron chi connectivity index (χ3n) is 6.05. The van der Waals surface area contributed by atoms with Crippen LogP contribution in [0.3, 0.4) is 0 Å². The Bertz CT molecular complexity index is 907. The molecule has 3 rings (SSSR count). The van der Waals surface area contributed by atoms with Crippen LogP contribution in [0, 0.1) is 5.82 Å². The number of nitrogens with one attached hydrogen (secondary N) is 1. The zero-order valence-electron chi connectivity index (χ0n) is 20.0. The first kappa shape index (κ1) is 24.0. The van der Waals surface area contributed by atoms with Crippen LogP contribution in [0.15, 0.2) is 24.3 Å². The number of hydrogen-bond donors (Lipinski definition) is 1. The van der Waals surface area contributed by atoms with Crippen LogP contribution in [0.4, 0.5) is 15.0 Å². The highest BCUT2D eigenvalue weighted by atomic mass is 19.1. The monoisotopic (exact) mass is 441 g/mol. The first-order valence-electron chi connectivity index (χ1n) is 11.8. The van der Waals surface area contributed by atoms with Gasteiger partial charge in [0.15, 0.2) is 0 Å². The average molecular weight is 442 g/mol. The molecule has 2 aromatic rings. The zero-order valence-corrected chi connectivity index (χ0v) is 20.0. The molecule has 1 aliphatic rings. The number of hydrogen-bond acceptors (Lipinski definition) is 4. The van der Waals surface area contributed by atoms with E-state index in [-0.39, 0.29) is 23.8 Å². The molecule has 0 radical (unpaired) electrons. The topological polar surface area (TPSA) is 61.4 Å². The van der Waals surface area contributed by atoms with E-state index in [9.17, 15) is 9.18 Å². The number of piperazine rings is 1. The lowest BCUT2D eigenvalue weighted by molar-refractivity contribution is 0.191. The van der Waals surface area contributed by atoms with Crippen molar-refractivity contribution >= 4 is 11.8 Å². The first-order chi connectivity index (χ1) is 15.3. The minimum atomic E-state index is -0.233. The summed E-state index contributed by atoms with van der Waals surface area (Å²) in [6, 6.07) is 6.77. The van der Waals surface area contributed by atoms with E-state index >= 15 is 0 Å². The maximum Gasteiger partial charge on any atom is 0.317 e. The molecule has 0 spiro atoms. The molecular weight excluding hydrogens is 405 g/mol. The molecule has 0 aliphatic carbocycles. The van der Waals surface area contributed by atoms with Gasteiger partial charge < -0.3 is 15.1 Å². The third-order valence-corrected chi connectivity index (χ3v) is 6.05. The maximum atomic E-state index is 13.4. The van der Waals surface area contributed by atoms with Crippen molar-refractivity contribution in [2.24, 2.45) is 0 Å². The summed E-state index contributed by atoms with van der Waals surface area (Å²) >= 11 is 0. The van der Waals surface area contributed by atoms with Gasteiger partial charge in [0.1, 0.15) is 17.5 Å². The van der Waals surface area contributed by atoms with Crippen molar-refractivity contribution < 1.29 is 9.18 Å². The van der Waals surface area contributed by atoms with Gasteiger partial charge >= 0.3 is 6.03 Å². The van der Waals surface area contributed by atoms with Gasteiger partial charge in [-0.15, -0.1) is 0 Å². The van der Waals surface area contributed by atoms with Crippen molar-refractivity contribution in [2.75, 3.05) is 31.1 Å². The van der Waals surface area contributed by atoms with E-state index in [0.29, 0.717) is 19.5 Å². The molecule has 0 saturated carbocycles. The molecule has 1 aromatic heterocycles. The second kappa shape index (κ2) is 10.7. The van der Waals surface area contributed by atoms with E-state index in [0.717, 1.165) is 54.4 Å². The fourth-order valence-corrected chi connectivity index (χ4v) is 3.94. The Morgan fingerprint density at radius 1 is 1.06 bits per heavy atom. The van der Waals surface area contributed by atoms with Crippen LogP contribution in [0.25, 0.3) is 0 Å². The predicted molar refractivity (Wildman–Crippen MR) is 127 cm³/mol. The molecule has 1 saturated heterocycles. The van der Waals surface area contributed by atoms with Crippen LogP contribution in [-0.2, 0) is 12.8 Å². The summed E-state index contributed by atoms with van der Waals surface area (Å²) in [7, 11) is 0. The van der Waals surface area contributed by atoms with Crippen LogP contribution in [-0.4, -0.2) is 53.1 Å². The summed E-state index contributed by atoms with van der Waals surface area (Å²) in [5.41, 5.74) is 3.19. The van der Waals surface area contributed by atoms with Gasteiger partial charge in [-0.05, 0) is 44.4 Å². The highest BCUT2D eigenvalue weighted by Crippen LogP contribution is 2.28. The molecule has 1 N–H and O–H groups in total. The molecule has 2 amide bonds. The maximum absolute atomic E-state index is 13.4. The molecule has 1 fully saturated rings. The molecule has 2 heterocycles. The highest BCUT2D eigenvalue weighted by molar-refractivity contribution is 5.74. The van der Waals surface area contributed by atoms with Gasteiger partial charge in [-0.1, -0.05) is 32.9 Å². The molecule has 1 unspecified atom stereocenters. The summed E-state index contributed by atoms with van der Waals surface area (Å²) < 4.78 is 13.4. The number of urea groups is 1. The van der Waals surface area contributed by atoms with E-state index in [1.54, 1.807) is 0 Å². The SMILES string of the molecule is CCc1nc(C(C)CC)nc(N2CCN(C(=O)NC(C)C)CC2)c1Cc1ccc(F)cc1. The average Bonchev–Trinajstić information content (AvgIpc) is 2.79. The number of aromatic nitrogens is 2. The second-order valence-corrected chi connectivity index (χ2v) is 8.88. The second-order valence-electron chi connectivity index (χ2n) is 8.88. The quantitative estimate of drug-likeness (QED) is 0.686. The van der Waals surface area contributed by atoms with Crippen LogP contribution in [0.5, 0.6) is 0 Å². The third kappa shape index (κ3) is 5.75. The van der Waals surface area contributed by atoms with Gasteiger partial charge in [-0.25, -0.2) is 19.2 Å². The van der Waals surface area contributed by atoms with Crippen molar-refractivity contribution in [3.05, 3.63) is 52.7 Å². The standard InChI is InChI=1S/C25H36FN5O/c1-6-18(5)23-28-22(7-2)21(16-19-8-10-20(26)11-9-19)24(29-23)30-12-14-31(15-13-30)25(32)27-17(3)4/h8-11,17-18H,6-7,12-16H2,1-5H3,(H,27,32). The highest BCUT2D eigenvalue weighted by Gasteiger charge is 2.26. The lowest BCUT2D eigenvalue weighted by Gasteiger charge is -2.37. The Morgan fingerprint density at radius 2 is 1.72 bits per heavy atom. The Morgan fingerprint density at radius 3 is 2.28 bits per heavy atom. The van der Waals surface area contributed by atoms with E-state index < -0.39 is 0 Å². The van der Waals surface area contributed by atoms with Crippen molar-refractivity contribution in [3.8, 4) is 0 Å². The summed E-state index contributed by atoms with van der Waals surface area (Å²) in [6.07, 6.45) is 2.45. The number of carbonyl (C=O) groups excluding carboxylic acids is 1. The lowest BCUT2D eigenvalue weighted by atomic mass is 10.0. The molecule has 6 nitrogen and oxygen atoms in total. The molecule has 1 aromatic carbocycles. The predicted octanol–water partition coefficient (Wildman–Crippen LogP) is 4.52. The number of amides is 2. The van der Waals surface area contributed by atoms with Crippen LogP contribution in [0.1, 0.15) is 69.6 Å². The summed E-state index contributed by atoms with van der Waals surface area (Å²) in [4.78, 5) is 26.5. The van der Waals surface area contributed by atoms with E-state index in [4.69, 9.17) is 9.97 Å². The van der Waals surface area contributed by atoms with Crippen molar-refractivity contribution in [2.45, 2.75) is 65.8 Å². The molecule has 174 valence electrons. The number of benzene rings is 1. The first-order valence-corrected chi connectivity index (χ1v) is 11.8. The number of nitrogens with zero attached hydrogens (tertiary/aromatic N) is 4. The van der Waals surface area contributed by atoms with Crippen molar-refractivity contribution in [1.82, 2.24) is 20.2 Å². The summed E-state index contributed by atoms with van der Waals surface area (Å²) in [6.45, 7) is 13.1. The van der Waals surface area contributed by atoms with Crippen LogP contribution >= 0.6 is 0 Å². The van der Waals surface area contributed by atoms with Gasteiger partial charge in [0.05, 0.1) is 0 Å². The van der Waals surface area contributed by atoms with Gasteiger partial charge in [0, 0.05) is 55.8 Å². The van der Waals surface area contributed by atoms with Crippen LogP contribution < -0.4 is 10.2 Å². The summed E-state index contributed by atoms with van der Waals surface area (Å²) in [5.74, 6) is 1.88. The van der Waals surface area contributed by atoms with E-state index in [2.05, 4.69) is 31.0 Å². The normalized spacial score (nSPS) is 15.2. The molecule has 1 aliphatic heterocycles. The lowest BCUT2D eigenvalue weighted by Crippen LogP contribution is -2.53. The Kier molecular flexibility index (Phi) is 8.04. The Balaban J connectivity index is 1.91. The minimum absolute atomic E-state index is 0.0107. The molecular formula is C25H36FN5O. The van der Waals surface area contributed by atoms with Crippen LogP contribution in [0.2, 0.25) is 0 Å². The number of anilines is 1. The Hall–Kier alpha value is -2.70. The minimum Gasteiger partial charge on any atom is -0.353 e. The van der Waals surface area contributed by atoms with Gasteiger partial charge in [0.2, 0.25) is 0 Å². The molecule has 32 heavy (non-hydrogen) atoms. The fourth-order valence-electron chi connectivity index (χ4n) is 3.94. The molecule has 7 heteroatoms. The Labute approximate surface area is 191 Å². The number of carbonyl (C=O) groups is 1. The van der Waals surface area contributed by atoms with E-state index in [1.165, 1.54) is 12.1 Å². The molecule has 1 atom stereocenters. The number of aryl methyl sites for hydroxylation is 1. The smallest absolute Gasteiger partial charge is 0.317 e. The molecule has 0 bridgehead atoms. The van der Waals surface area contributed by atoms with Crippen molar-refractivity contribution in [1.29, 1.82) is 0 Å². The van der Waals surface area contributed by atoms with Gasteiger partial charge in [-0.2, -0.15) is 0 Å². The van der Waals surface area contributed by atoms with Gasteiger partial charge in [-0.3, -0.25) is 0 Å². The zero-order chi connectivity index (χ0) is 23.3. The largest absolute Gasteiger partial charge is 0.353 e. The van der Waals surface area contributed by atoms with Gasteiger partial charge in [0.25, 0.3) is 0 Å². The number of halogens is 1. The van der Waals surface area contributed by atoms with Crippen molar-refractivity contribution in [3.63, 3.8) is 0 Å². The summed E-state index contributed by atoms with van der Waals surface area (Å²) in [5, 5.41) is 2.98.